The van der Waals surface area contributed by atoms with Crippen LogP contribution < -0.4 is 11.1 Å². The fourth-order valence-corrected chi connectivity index (χ4v) is 2.19. The Labute approximate surface area is 117 Å². The molecular formula is C14H17N5O. The van der Waals surface area contributed by atoms with Gasteiger partial charge in [0.2, 0.25) is 0 Å². The third kappa shape index (κ3) is 2.70. The largest absolute Gasteiger partial charge is 0.346 e. The van der Waals surface area contributed by atoms with Gasteiger partial charge >= 0.3 is 0 Å². The van der Waals surface area contributed by atoms with E-state index in [2.05, 4.69) is 15.4 Å². The van der Waals surface area contributed by atoms with Gasteiger partial charge in [0.15, 0.2) is 5.82 Å². The molecule has 1 fully saturated rings. The Hall–Kier alpha value is -2.21. The quantitative estimate of drug-likeness (QED) is 0.839. The van der Waals surface area contributed by atoms with E-state index in [1.165, 1.54) is 0 Å². The fourth-order valence-electron chi connectivity index (χ4n) is 2.19. The standard InChI is InChI=1S/C14H17N5O/c15-9-12(10-5-6-10)18-14(20)11-3-1-4-13(17-11)19-8-2-7-16-19/h1-4,7-8,10,12H,5-6,9,15H2,(H,18,20). The average Bonchev–Trinajstić information content (AvgIpc) is 3.18. The highest BCUT2D eigenvalue weighted by Gasteiger charge is 2.31. The van der Waals surface area contributed by atoms with Gasteiger partial charge in [-0.2, -0.15) is 5.10 Å². The molecule has 0 bridgehead atoms. The minimum absolute atomic E-state index is 0.0534. The molecule has 3 rings (SSSR count). The molecule has 0 radical (unpaired) electrons. The maximum Gasteiger partial charge on any atom is 0.270 e. The SMILES string of the molecule is NCC(NC(=O)c1cccc(-n2cccn2)n1)C1CC1. The Kier molecular flexibility index (Phi) is 3.47. The summed E-state index contributed by atoms with van der Waals surface area (Å²) in [4.78, 5) is 16.5. The van der Waals surface area contributed by atoms with E-state index in [9.17, 15) is 4.79 Å². The summed E-state index contributed by atoms with van der Waals surface area (Å²) < 4.78 is 1.62. The lowest BCUT2D eigenvalue weighted by atomic mass is 10.2. The number of rotatable bonds is 5. The molecule has 104 valence electrons. The van der Waals surface area contributed by atoms with E-state index in [0.29, 0.717) is 24.0 Å². The predicted octanol–water partition coefficient (Wildman–Crippen LogP) is 0.734. The highest BCUT2D eigenvalue weighted by atomic mass is 16.1. The van der Waals surface area contributed by atoms with Crippen molar-refractivity contribution in [2.45, 2.75) is 18.9 Å². The number of amides is 1. The van der Waals surface area contributed by atoms with E-state index >= 15 is 0 Å². The monoisotopic (exact) mass is 271 g/mol. The molecule has 3 N–H and O–H groups in total. The van der Waals surface area contributed by atoms with Gasteiger partial charge in [0.25, 0.3) is 5.91 Å². The van der Waals surface area contributed by atoms with Crippen LogP contribution >= 0.6 is 0 Å². The first-order valence-electron chi connectivity index (χ1n) is 6.76. The van der Waals surface area contributed by atoms with Crippen molar-refractivity contribution in [3.05, 3.63) is 42.4 Å². The molecule has 1 aliphatic carbocycles. The van der Waals surface area contributed by atoms with E-state index in [1.54, 1.807) is 29.2 Å². The molecule has 0 aliphatic heterocycles. The van der Waals surface area contributed by atoms with E-state index in [1.807, 2.05) is 12.1 Å². The van der Waals surface area contributed by atoms with Crippen LogP contribution in [0.25, 0.3) is 5.82 Å². The second-order valence-corrected chi connectivity index (χ2v) is 4.98. The normalized spacial score (nSPS) is 15.8. The van der Waals surface area contributed by atoms with Crippen molar-refractivity contribution < 1.29 is 4.79 Å². The smallest absolute Gasteiger partial charge is 0.270 e. The van der Waals surface area contributed by atoms with Crippen molar-refractivity contribution in [2.75, 3.05) is 6.54 Å². The number of hydrogen-bond acceptors (Lipinski definition) is 4. The first kappa shape index (κ1) is 12.8. The van der Waals surface area contributed by atoms with E-state index in [-0.39, 0.29) is 11.9 Å². The summed E-state index contributed by atoms with van der Waals surface area (Å²) in [6.45, 7) is 0.468. The molecule has 0 spiro atoms. The van der Waals surface area contributed by atoms with Crippen LogP contribution in [0.5, 0.6) is 0 Å². The van der Waals surface area contributed by atoms with Gasteiger partial charge in [-0.15, -0.1) is 0 Å². The molecule has 1 aliphatic rings. The zero-order chi connectivity index (χ0) is 13.9. The molecule has 0 saturated heterocycles. The third-order valence-electron chi connectivity index (χ3n) is 3.47. The van der Waals surface area contributed by atoms with Crippen LogP contribution in [0.2, 0.25) is 0 Å². The second kappa shape index (κ2) is 5.42. The van der Waals surface area contributed by atoms with Crippen molar-refractivity contribution in [1.29, 1.82) is 0 Å². The molecule has 1 amide bonds. The summed E-state index contributed by atoms with van der Waals surface area (Å²) in [6.07, 6.45) is 5.74. The van der Waals surface area contributed by atoms with Crippen LogP contribution in [0.15, 0.2) is 36.7 Å². The number of nitrogens with one attached hydrogen (secondary N) is 1. The lowest BCUT2D eigenvalue weighted by Crippen LogP contribution is -2.42. The summed E-state index contributed by atoms with van der Waals surface area (Å²) >= 11 is 0. The maximum absolute atomic E-state index is 12.2. The first-order chi connectivity index (χ1) is 9.78. The van der Waals surface area contributed by atoms with Crippen LogP contribution in [-0.4, -0.2) is 33.3 Å². The average molecular weight is 271 g/mol. The number of nitrogens with two attached hydrogens (primary N) is 1. The number of nitrogens with zero attached hydrogens (tertiary/aromatic N) is 3. The highest BCUT2D eigenvalue weighted by Crippen LogP contribution is 2.32. The minimum Gasteiger partial charge on any atom is -0.346 e. The zero-order valence-corrected chi connectivity index (χ0v) is 11.1. The lowest BCUT2D eigenvalue weighted by Gasteiger charge is -2.15. The van der Waals surface area contributed by atoms with Gasteiger partial charge in [0.05, 0.1) is 0 Å². The maximum atomic E-state index is 12.2. The fraction of sp³-hybridized carbons (Fsp3) is 0.357. The molecule has 1 unspecified atom stereocenters. The molecular weight excluding hydrogens is 254 g/mol. The Morgan fingerprint density at radius 3 is 2.95 bits per heavy atom. The minimum atomic E-state index is -0.179. The summed E-state index contributed by atoms with van der Waals surface area (Å²) in [5.74, 6) is 0.970. The zero-order valence-electron chi connectivity index (χ0n) is 11.1. The lowest BCUT2D eigenvalue weighted by molar-refractivity contribution is 0.0928. The molecule has 1 atom stereocenters. The van der Waals surface area contributed by atoms with Gasteiger partial charge < -0.3 is 11.1 Å². The molecule has 6 nitrogen and oxygen atoms in total. The molecule has 0 aromatic carbocycles. The van der Waals surface area contributed by atoms with E-state index in [0.717, 1.165) is 12.8 Å². The highest BCUT2D eigenvalue weighted by molar-refractivity contribution is 5.92. The summed E-state index contributed by atoms with van der Waals surface area (Å²) in [6, 6.07) is 7.17. The van der Waals surface area contributed by atoms with Gasteiger partial charge in [-0.1, -0.05) is 6.07 Å². The summed E-state index contributed by atoms with van der Waals surface area (Å²) in [5, 5.41) is 7.07. The molecule has 2 heterocycles. The van der Waals surface area contributed by atoms with Crippen LogP contribution in [-0.2, 0) is 0 Å². The molecule has 2 aromatic heterocycles. The van der Waals surface area contributed by atoms with E-state index < -0.39 is 0 Å². The van der Waals surface area contributed by atoms with E-state index in [4.69, 9.17) is 5.73 Å². The first-order valence-corrected chi connectivity index (χ1v) is 6.76. The number of carbonyl (C=O) groups is 1. The van der Waals surface area contributed by atoms with Gasteiger partial charge in [-0.05, 0) is 37.0 Å². The second-order valence-electron chi connectivity index (χ2n) is 4.98. The number of aromatic nitrogens is 3. The van der Waals surface area contributed by atoms with Crippen LogP contribution in [0, 0.1) is 5.92 Å². The van der Waals surface area contributed by atoms with Crippen molar-refractivity contribution in [3.63, 3.8) is 0 Å². The van der Waals surface area contributed by atoms with Crippen molar-refractivity contribution >= 4 is 5.91 Å². The van der Waals surface area contributed by atoms with Gasteiger partial charge in [-0.3, -0.25) is 4.79 Å². The topological polar surface area (TPSA) is 85.8 Å². The van der Waals surface area contributed by atoms with Gasteiger partial charge in [0.1, 0.15) is 5.69 Å². The molecule has 6 heteroatoms. The van der Waals surface area contributed by atoms with Crippen LogP contribution in [0.4, 0.5) is 0 Å². The van der Waals surface area contributed by atoms with Crippen molar-refractivity contribution in [3.8, 4) is 5.82 Å². The van der Waals surface area contributed by atoms with Crippen molar-refractivity contribution in [1.82, 2.24) is 20.1 Å². The predicted molar refractivity (Wildman–Crippen MR) is 74.4 cm³/mol. The van der Waals surface area contributed by atoms with Crippen LogP contribution in [0.1, 0.15) is 23.3 Å². The molecule has 2 aromatic rings. The van der Waals surface area contributed by atoms with Crippen LogP contribution in [0.3, 0.4) is 0 Å². The molecule has 20 heavy (non-hydrogen) atoms. The van der Waals surface area contributed by atoms with Crippen molar-refractivity contribution in [2.24, 2.45) is 11.7 Å². The Balaban J connectivity index is 1.76. The number of carbonyl (C=O) groups excluding carboxylic acids is 1. The molecule has 1 saturated carbocycles. The van der Waals surface area contributed by atoms with Gasteiger partial charge in [0, 0.05) is 25.0 Å². The Bertz CT molecular complexity index is 591. The number of pyridine rings is 1. The number of hydrogen-bond donors (Lipinski definition) is 2. The Morgan fingerprint density at radius 1 is 1.45 bits per heavy atom. The third-order valence-corrected chi connectivity index (χ3v) is 3.47. The summed E-state index contributed by atoms with van der Waals surface area (Å²) in [7, 11) is 0. The Morgan fingerprint density at radius 2 is 2.30 bits per heavy atom. The summed E-state index contributed by atoms with van der Waals surface area (Å²) in [5.41, 5.74) is 6.08. The van der Waals surface area contributed by atoms with Gasteiger partial charge in [-0.25, -0.2) is 9.67 Å².